The molecule has 0 aliphatic rings. The third-order valence-electron chi connectivity index (χ3n) is 31.0. The molecular weight excluding hydrogens is 1780 g/mol. The van der Waals surface area contributed by atoms with Crippen molar-refractivity contribution in [2.24, 2.45) is 0 Å². The topological polar surface area (TPSA) is 105 Å². The second kappa shape index (κ2) is 30.8. The lowest BCUT2D eigenvalue weighted by Gasteiger charge is -2.14. The van der Waals surface area contributed by atoms with Crippen LogP contribution < -0.4 is 0 Å². The molecule has 0 radical (unpaired) electrons. The van der Waals surface area contributed by atoms with Crippen LogP contribution in [0.1, 0.15) is 0 Å². The number of rotatable bonds is 8. The molecule has 0 aliphatic carbocycles. The molecule has 34 rings (SSSR count). The zero-order chi connectivity index (χ0) is 95.2. The SMILES string of the molecule is c1ccc(-c2nnc(-n3c4ccccc4c4c5c6ccccc6n6c7ccccc7c(cc43)c56)c3ccccc23)cc1.c1ccc2c(-c3nc4ccccc4nc3-c3ccc(-n4c5ccccc5c5c6c7ccccc7n7c8ccccc8c(cc54)c67)cc3)cccc2c1.c1ccc2cc(-c3nc4ccccc4nc3-c3ccc(-n4c5ccccc5c5c6c7ccccc7n7c8ccccc8c(cc54)c67)cc3)ccc2c1. The van der Waals surface area contributed by atoms with Gasteiger partial charge in [-0.3, -0.25) is 4.57 Å². The highest BCUT2D eigenvalue weighted by Gasteiger charge is 2.31. The molecule has 12 nitrogen and oxygen atoms in total. The monoisotopic (exact) mass is 1850 g/mol. The molecule has 674 valence electrons. The van der Waals surface area contributed by atoms with Crippen molar-refractivity contribution in [2.75, 3.05) is 0 Å². The van der Waals surface area contributed by atoms with Crippen molar-refractivity contribution in [3.8, 4) is 73.5 Å². The summed E-state index contributed by atoms with van der Waals surface area (Å²) in [7, 11) is 0. The van der Waals surface area contributed by atoms with Gasteiger partial charge in [-0.15, -0.1) is 10.2 Å². The Morgan fingerprint density at radius 2 is 0.452 bits per heavy atom. The Balaban J connectivity index is 0.0000000982. The van der Waals surface area contributed by atoms with Crippen LogP contribution in [-0.2, 0) is 0 Å². The number of hydrogen-bond acceptors (Lipinski definition) is 6. The van der Waals surface area contributed by atoms with E-state index in [4.69, 9.17) is 30.1 Å². The van der Waals surface area contributed by atoms with E-state index in [2.05, 4.69) is 445 Å². The summed E-state index contributed by atoms with van der Waals surface area (Å²) in [5, 5.41) is 39.7. The molecule has 0 spiro atoms. The molecule has 0 fully saturated rings. The first-order valence-corrected chi connectivity index (χ1v) is 49.8. The van der Waals surface area contributed by atoms with Gasteiger partial charge in [-0.1, -0.05) is 346 Å². The summed E-state index contributed by atoms with van der Waals surface area (Å²) in [5.74, 6) is 0.845. The van der Waals surface area contributed by atoms with Crippen LogP contribution in [0.4, 0.5) is 0 Å². The standard InChI is InChI=1S/2C48H28N4.C38H22N4/c1-2-14-32-29(12-1)13-11-18-34(32)47-46(49-38-19-6-7-20-39(38)50-47)30-24-26-31(27-25-30)51-41-22-9-4-16-35(41)44-43(51)28-37-33-15-3-8-21-40(33)52-42-23-10-5-17-36(42)45(44)48(37)52;1-2-12-31-27-32(22-21-29(31)11-1)47-46(49-38-16-6-7-17-39(38)50-47)30-23-25-33(26-24-30)51-41-19-9-4-14-35(41)44-43(51)28-37-34-13-3-8-18-40(34)52-42-20-10-5-15-36(42)45(44)48(37)52;1-2-12-23(13-3-1)36-25-15-4-5-16-26(25)38(40-39-36)42-32-21-11-7-17-27(32)34-33(42)22-29-24-14-6-9-19-30(24)41-31-20-10-8-18-28(31)35(34)37(29)41/h2*1-28H;1-22H. The fraction of sp³-hybridized carbons (Fsp3) is 0. The molecule has 12 heteroatoms. The molecule has 0 N–H and O–H groups in total. The van der Waals surface area contributed by atoms with Gasteiger partial charge in [0, 0.05) is 147 Å². The lowest BCUT2D eigenvalue weighted by Crippen LogP contribution is -2.02. The van der Waals surface area contributed by atoms with E-state index in [1.54, 1.807) is 0 Å². The summed E-state index contributed by atoms with van der Waals surface area (Å²) in [6.07, 6.45) is 0. The van der Waals surface area contributed by atoms with Crippen molar-refractivity contribution in [1.82, 2.24) is 57.0 Å². The van der Waals surface area contributed by atoms with E-state index in [0.717, 1.165) is 117 Å². The molecule has 0 bridgehead atoms. The summed E-state index contributed by atoms with van der Waals surface area (Å²) in [4.78, 5) is 20.9. The summed E-state index contributed by atoms with van der Waals surface area (Å²) in [6.45, 7) is 0. The number of fused-ring (bicyclic) bond motifs is 35. The van der Waals surface area contributed by atoms with Gasteiger partial charge in [0.2, 0.25) is 0 Å². The van der Waals surface area contributed by atoms with Crippen LogP contribution in [0.2, 0.25) is 0 Å². The molecule has 0 aliphatic heterocycles. The second-order valence-corrected chi connectivity index (χ2v) is 38.6. The lowest BCUT2D eigenvalue weighted by molar-refractivity contribution is 0.977. The molecule has 0 amide bonds. The van der Waals surface area contributed by atoms with Gasteiger partial charge in [0.25, 0.3) is 0 Å². The van der Waals surface area contributed by atoms with Crippen molar-refractivity contribution < 1.29 is 0 Å². The highest BCUT2D eigenvalue weighted by atomic mass is 15.2. The van der Waals surface area contributed by atoms with Crippen LogP contribution >= 0.6 is 0 Å². The largest absolute Gasteiger partial charge is 0.309 e. The fourth-order valence-corrected chi connectivity index (χ4v) is 24.8. The smallest absolute Gasteiger partial charge is 0.168 e. The summed E-state index contributed by atoms with van der Waals surface area (Å²) in [5.41, 5.74) is 33.8. The third-order valence-corrected chi connectivity index (χ3v) is 31.0. The summed E-state index contributed by atoms with van der Waals surface area (Å²) < 4.78 is 14.6. The van der Waals surface area contributed by atoms with Crippen molar-refractivity contribution in [2.45, 2.75) is 0 Å². The van der Waals surface area contributed by atoms with E-state index >= 15 is 0 Å². The maximum absolute atomic E-state index is 5.26. The normalized spacial score (nSPS) is 12.2. The molecule has 12 heterocycles. The van der Waals surface area contributed by atoms with E-state index < -0.39 is 0 Å². The molecule has 0 saturated carbocycles. The minimum absolute atomic E-state index is 0.845. The first-order valence-electron chi connectivity index (χ1n) is 49.8. The number of nitrogens with zero attached hydrogens (tertiary/aromatic N) is 12. The predicted octanol–water partition coefficient (Wildman–Crippen LogP) is 34.3. The summed E-state index contributed by atoms with van der Waals surface area (Å²) >= 11 is 0. The lowest BCUT2D eigenvalue weighted by atomic mass is 9.98. The maximum Gasteiger partial charge on any atom is 0.168 e. The van der Waals surface area contributed by atoms with Crippen LogP contribution in [0.3, 0.4) is 0 Å². The molecule has 34 aromatic rings. The van der Waals surface area contributed by atoms with E-state index in [1.165, 1.54) is 190 Å². The van der Waals surface area contributed by atoms with Gasteiger partial charge in [0.05, 0.1) is 128 Å². The number of aromatic nitrogens is 12. The number of benzene rings is 22. The van der Waals surface area contributed by atoms with Crippen LogP contribution in [0, 0.1) is 0 Å². The van der Waals surface area contributed by atoms with E-state index in [9.17, 15) is 0 Å². The van der Waals surface area contributed by atoms with Crippen molar-refractivity contribution in [3.05, 3.63) is 473 Å². The average molecular weight is 1860 g/mol. The van der Waals surface area contributed by atoms with Crippen molar-refractivity contribution in [3.63, 3.8) is 0 Å². The molecule has 12 aromatic heterocycles. The average Bonchev–Trinajstić information content (AvgIpc) is 1.52. The summed E-state index contributed by atoms with van der Waals surface area (Å²) in [6, 6.07) is 169. The molecular formula is C134H78N12. The Morgan fingerprint density at radius 1 is 0.151 bits per heavy atom. The van der Waals surface area contributed by atoms with Crippen LogP contribution in [-0.4, -0.2) is 57.0 Å². The van der Waals surface area contributed by atoms with Gasteiger partial charge < -0.3 is 22.3 Å². The Kier molecular flexibility index (Phi) is 16.9. The molecule has 146 heavy (non-hydrogen) atoms. The fourth-order valence-electron chi connectivity index (χ4n) is 24.8. The van der Waals surface area contributed by atoms with Crippen LogP contribution in [0.5, 0.6) is 0 Å². The predicted molar refractivity (Wildman–Crippen MR) is 608 cm³/mol. The Morgan fingerprint density at radius 3 is 0.897 bits per heavy atom. The maximum atomic E-state index is 5.26. The van der Waals surface area contributed by atoms with E-state index in [-0.39, 0.29) is 0 Å². The number of hydrogen-bond donors (Lipinski definition) is 0. The highest BCUT2D eigenvalue weighted by Crippen LogP contribution is 2.53. The first kappa shape index (κ1) is 80.0. The molecule has 0 unspecified atom stereocenters. The van der Waals surface area contributed by atoms with Crippen LogP contribution in [0.25, 0.3) is 308 Å². The zero-order valence-electron chi connectivity index (χ0n) is 78.4. The minimum Gasteiger partial charge on any atom is -0.309 e. The van der Waals surface area contributed by atoms with Gasteiger partial charge in [-0.05, 0) is 149 Å². The molecule has 22 aromatic carbocycles. The third kappa shape index (κ3) is 11.4. The van der Waals surface area contributed by atoms with Crippen LogP contribution in [0.15, 0.2) is 473 Å². The van der Waals surface area contributed by atoms with Gasteiger partial charge >= 0.3 is 0 Å². The van der Waals surface area contributed by atoms with Crippen molar-refractivity contribution >= 4 is 234 Å². The second-order valence-electron chi connectivity index (χ2n) is 38.6. The van der Waals surface area contributed by atoms with Gasteiger partial charge in [0.15, 0.2) is 5.82 Å². The van der Waals surface area contributed by atoms with E-state index in [0.29, 0.717) is 0 Å². The first-order chi connectivity index (χ1) is 72.5. The van der Waals surface area contributed by atoms with E-state index in [1.807, 2.05) is 54.6 Å². The minimum atomic E-state index is 0.845. The Labute approximate surface area is 831 Å². The molecule has 0 atom stereocenters. The Hall–Kier alpha value is -19.8. The quantitative estimate of drug-likeness (QED) is 0.150. The highest BCUT2D eigenvalue weighted by molar-refractivity contribution is 6.39. The van der Waals surface area contributed by atoms with Gasteiger partial charge in [0.1, 0.15) is 5.69 Å². The number of para-hydroxylation sites is 13. The van der Waals surface area contributed by atoms with Gasteiger partial charge in [-0.25, -0.2) is 19.9 Å². The zero-order valence-corrected chi connectivity index (χ0v) is 78.4. The Bertz CT molecular complexity index is 11500. The molecule has 0 saturated heterocycles. The van der Waals surface area contributed by atoms with Gasteiger partial charge in [-0.2, -0.15) is 0 Å². The van der Waals surface area contributed by atoms with Crippen molar-refractivity contribution in [1.29, 1.82) is 0 Å².